The first kappa shape index (κ1) is 17.2. The monoisotopic (exact) mass is 374 g/mol. The first-order valence-corrected chi connectivity index (χ1v) is 9.85. The molecule has 3 aliphatic heterocycles. The van der Waals surface area contributed by atoms with Gasteiger partial charge in [-0.15, -0.1) is 0 Å². The lowest BCUT2D eigenvalue weighted by atomic mass is 10.1. The summed E-state index contributed by atoms with van der Waals surface area (Å²) in [4.78, 5) is 16.8. The van der Waals surface area contributed by atoms with Crippen molar-refractivity contribution >= 4 is 17.3 Å². The highest BCUT2D eigenvalue weighted by Gasteiger charge is 2.42. The molecule has 1 aromatic carbocycles. The first-order valence-electron chi connectivity index (χ1n) is 9.85. The third-order valence-electron chi connectivity index (χ3n) is 6.38. The molecule has 2 fully saturated rings. The molecule has 1 saturated heterocycles. The van der Waals surface area contributed by atoms with Crippen LogP contribution in [0.2, 0.25) is 0 Å². The Labute approximate surface area is 158 Å². The highest BCUT2D eigenvalue weighted by atomic mass is 19.1. The van der Waals surface area contributed by atoms with Crippen LogP contribution in [0.25, 0.3) is 0 Å². The highest BCUT2D eigenvalue weighted by molar-refractivity contribution is 6.04. The molecule has 3 heterocycles. The molecule has 27 heavy (non-hydrogen) atoms. The van der Waals surface area contributed by atoms with Crippen molar-refractivity contribution in [3.05, 3.63) is 23.5 Å². The van der Waals surface area contributed by atoms with Gasteiger partial charge in [0.15, 0.2) is 6.29 Å². The fourth-order valence-corrected chi connectivity index (χ4v) is 4.80. The van der Waals surface area contributed by atoms with Crippen LogP contribution in [-0.4, -0.2) is 67.9 Å². The summed E-state index contributed by atoms with van der Waals surface area (Å²) in [5.41, 5.74) is 5.55. The zero-order valence-electron chi connectivity index (χ0n) is 15.8. The summed E-state index contributed by atoms with van der Waals surface area (Å²) in [6.45, 7) is 2.14. The van der Waals surface area contributed by atoms with E-state index in [0.29, 0.717) is 36.4 Å². The molecule has 5 rings (SSSR count). The van der Waals surface area contributed by atoms with E-state index in [-0.39, 0.29) is 18.0 Å². The maximum absolute atomic E-state index is 14.0. The molecule has 3 N–H and O–H groups in total. The van der Waals surface area contributed by atoms with Crippen molar-refractivity contribution in [1.29, 1.82) is 0 Å². The minimum absolute atomic E-state index is 0.0818. The van der Waals surface area contributed by atoms with Crippen LogP contribution < -0.4 is 21.0 Å². The van der Waals surface area contributed by atoms with Crippen LogP contribution in [0.15, 0.2) is 12.1 Å². The van der Waals surface area contributed by atoms with E-state index in [2.05, 4.69) is 45.0 Å². The van der Waals surface area contributed by atoms with Gasteiger partial charge in [-0.25, -0.2) is 9.40 Å². The maximum Gasteiger partial charge on any atom is 0.253 e. The summed E-state index contributed by atoms with van der Waals surface area (Å²) in [5.74, 6) is 0.249. The van der Waals surface area contributed by atoms with Gasteiger partial charge in [0, 0.05) is 38.8 Å². The van der Waals surface area contributed by atoms with E-state index < -0.39 is 0 Å². The van der Waals surface area contributed by atoms with Gasteiger partial charge in [-0.05, 0) is 44.4 Å². The lowest BCUT2D eigenvalue weighted by Crippen LogP contribution is -2.53. The first-order chi connectivity index (χ1) is 13.0. The van der Waals surface area contributed by atoms with Crippen LogP contribution in [-0.2, 0) is 0 Å². The Bertz CT molecular complexity index is 769. The van der Waals surface area contributed by atoms with Crippen LogP contribution in [0.4, 0.5) is 15.8 Å². The van der Waals surface area contributed by atoms with Gasteiger partial charge in [0.05, 0.1) is 16.9 Å². The molecule has 0 aromatic heterocycles. The second-order valence-electron chi connectivity index (χ2n) is 8.33. The van der Waals surface area contributed by atoms with Crippen molar-refractivity contribution in [2.45, 2.75) is 37.6 Å². The lowest BCUT2D eigenvalue weighted by Gasteiger charge is -2.35. The number of anilines is 2. The second kappa shape index (κ2) is 6.32. The van der Waals surface area contributed by atoms with Crippen LogP contribution in [0.3, 0.4) is 0 Å². The Hall–Kier alpha value is -1.90. The molecule has 0 bridgehead atoms. The van der Waals surface area contributed by atoms with Crippen molar-refractivity contribution < 1.29 is 9.18 Å². The van der Waals surface area contributed by atoms with Crippen LogP contribution in [0, 0.1) is 11.7 Å². The highest BCUT2D eigenvalue weighted by Crippen LogP contribution is 2.41. The molecule has 3 unspecified atom stereocenters. The van der Waals surface area contributed by atoms with Gasteiger partial charge in [-0.1, -0.05) is 0 Å². The van der Waals surface area contributed by atoms with Crippen molar-refractivity contribution in [1.82, 2.24) is 20.7 Å². The second-order valence-corrected chi connectivity index (χ2v) is 8.33. The van der Waals surface area contributed by atoms with Gasteiger partial charge in [-0.3, -0.25) is 15.1 Å². The molecule has 7 nitrogen and oxygen atoms in total. The number of halogens is 1. The predicted molar refractivity (Wildman–Crippen MR) is 102 cm³/mol. The molecule has 146 valence electrons. The number of rotatable bonds is 4. The maximum atomic E-state index is 14.0. The summed E-state index contributed by atoms with van der Waals surface area (Å²) in [6, 6.07) is 3.87. The molecular formula is C19H27FN6O. The fraction of sp³-hybridized carbons (Fsp3) is 0.632. The molecule has 0 spiro atoms. The number of carbonyl (C=O) groups excluding carboxylic acids is 1. The number of nitrogens with one attached hydrogen (secondary N) is 3. The molecular weight excluding hydrogens is 347 g/mol. The zero-order valence-corrected chi connectivity index (χ0v) is 15.8. The van der Waals surface area contributed by atoms with Crippen molar-refractivity contribution in [3.8, 4) is 0 Å². The Morgan fingerprint density at radius 3 is 2.93 bits per heavy atom. The Morgan fingerprint density at radius 2 is 2.15 bits per heavy atom. The number of hydrazine groups is 1. The number of carbonyl (C=O) groups is 1. The molecule has 1 amide bonds. The average molecular weight is 374 g/mol. The third kappa shape index (κ3) is 2.96. The van der Waals surface area contributed by atoms with E-state index >= 15 is 0 Å². The molecule has 4 aliphatic rings. The molecule has 8 heteroatoms. The minimum atomic E-state index is -0.386. The van der Waals surface area contributed by atoms with Crippen molar-refractivity contribution in [3.63, 3.8) is 0 Å². The van der Waals surface area contributed by atoms with Crippen LogP contribution in [0.5, 0.6) is 0 Å². The van der Waals surface area contributed by atoms with Crippen LogP contribution >= 0.6 is 0 Å². The van der Waals surface area contributed by atoms with Crippen molar-refractivity contribution in [2.75, 3.05) is 43.9 Å². The summed E-state index contributed by atoms with van der Waals surface area (Å²) in [6.07, 6.45) is 3.76. The predicted octanol–water partition coefficient (Wildman–Crippen LogP) is 1.00. The van der Waals surface area contributed by atoms with Crippen LogP contribution in [0.1, 0.15) is 29.6 Å². The number of hydrogen-bond donors (Lipinski definition) is 3. The minimum Gasteiger partial charge on any atom is -0.351 e. The van der Waals surface area contributed by atoms with Gasteiger partial charge < -0.3 is 15.5 Å². The van der Waals surface area contributed by atoms with E-state index in [0.717, 1.165) is 24.6 Å². The van der Waals surface area contributed by atoms with E-state index in [1.54, 1.807) is 0 Å². The zero-order chi connectivity index (χ0) is 18.7. The number of benzene rings is 1. The normalized spacial score (nSPS) is 30.3. The Kier molecular flexibility index (Phi) is 4.03. The number of likely N-dealkylation sites (N-methyl/N-ethyl adjacent to an activating group) is 2. The van der Waals surface area contributed by atoms with Gasteiger partial charge in [0.1, 0.15) is 5.82 Å². The van der Waals surface area contributed by atoms with E-state index in [4.69, 9.17) is 0 Å². The molecule has 1 saturated carbocycles. The van der Waals surface area contributed by atoms with Crippen molar-refractivity contribution in [2.24, 2.45) is 5.92 Å². The number of amides is 1. The summed E-state index contributed by atoms with van der Waals surface area (Å²) in [5, 5.41) is 8.56. The number of hydrogen-bond acceptors (Lipinski definition) is 6. The largest absolute Gasteiger partial charge is 0.351 e. The fourth-order valence-electron chi connectivity index (χ4n) is 4.80. The van der Waals surface area contributed by atoms with E-state index in [1.165, 1.54) is 25.0 Å². The standard InChI is InChI=1S/C19H27FN6O/c1-24(10-13-9-15(11-3-4-11)23-25(13)2)19-22-16-8-12(20)7-14-17(16)26(19)6-5-21-18(14)27/h7-8,11,13,15,19,22-23H,3-6,9-10H2,1-2H3,(H,21,27). The number of nitrogens with zero attached hydrogens (tertiary/aromatic N) is 3. The summed E-state index contributed by atoms with van der Waals surface area (Å²) >= 11 is 0. The molecule has 1 aromatic rings. The topological polar surface area (TPSA) is 62.9 Å². The van der Waals surface area contributed by atoms with Gasteiger partial charge in [-0.2, -0.15) is 0 Å². The van der Waals surface area contributed by atoms with Gasteiger partial charge >= 0.3 is 0 Å². The smallest absolute Gasteiger partial charge is 0.253 e. The third-order valence-corrected chi connectivity index (χ3v) is 6.38. The Morgan fingerprint density at radius 1 is 1.33 bits per heavy atom. The van der Waals surface area contributed by atoms with Gasteiger partial charge in [0.25, 0.3) is 5.91 Å². The summed E-state index contributed by atoms with van der Waals surface area (Å²) < 4.78 is 14.0. The van der Waals surface area contributed by atoms with Gasteiger partial charge in [0.2, 0.25) is 0 Å². The Balaban J connectivity index is 1.36. The molecule has 3 atom stereocenters. The van der Waals surface area contributed by atoms with E-state index in [1.807, 2.05) is 0 Å². The lowest BCUT2D eigenvalue weighted by molar-refractivity contribution is 0.0957. The quantitative estimate of drug-likeness (QED) is 0.731. The average Bonchev–Trinajstić information content (AvgIpc) is 3.35. The summed E-state index contributed by atoms with van der Waals surface area (Å²) in [7, 11) is 4.22. The molecule has 1 aliphatic carbocycles. The van der Waals surface area contributed by atoms with E-state index in [9.17, 15) is 9.18 Å². The SMILES string of the molecule is CN(CC1CC(C2CC2)NN1C)C1Nc2cc(F)cc3c2N1CCNC3=O. The molecule has 0 radical (unpaired) electrons.